The molecule has 2 aromatic rings. The van der Waals surface area contributed by atoms with Crippen LogP contribution in [0.3, 0.4) is 0 Å². The van der Waals surface area contributed by atoms with Gasteiger partial charge in [0.05, 0.1) is 9.88 Å². The molecule has 8 heteroatoms. The molecule has 0 bridgehead atoms. The van der Waals surface area contributed by atoms with Crippen molar-refractivity contribution in [2.75, 3.05) is 0 Å². The largest absolute Gasteiger partial charge is 0.481 e. The number of carbonyl (C=O) groups is 1. The first-order valence-corrected chi connectivity index (χ1v) is 5.89. The summed E-state index contributed by atoms with van der Waals surface area (Å²) in [7, 11) is 0. The zero-order chi connectivity index (χ0) is 12.3. The van der Waals surface area contributed by atoms with E-state index in [-0.39, 0.29) is 6.42 Å². The molecule has 0 atom stereocenters. The summed E-state index contributed by atoms with van der Waals surface area (Å²) >= 11 is 1.51. The second-order valence-electron chi connectivity index (χ2n) is 3.47. The van der Waals surface area contributed by atoms with Crippen molar-refractivity contribution >= 4 is 17.3 Å². The van der Waals surface area contributed by atoms with E-state index in [2.05, 4.69) is 20.5 Å². The number of tetrazole rings is 1. The quantitative estimate of drug-likeness (QED) is 0.853. The van der Waals surface area contributed by atoms with E-state index in [1.165, 1.54) is 11.3 Å². The number of hydrogen-bond donors (Lipinski definition) is 1. The summed E-state index contributed by atoms with van der Waals surface area (Å²) in [6, 6.07) is 0. The van der Waals surface area contributed by atoms with E-state index in [1.54, 1.807) is 10.9 Å². The highest BCUT2D eigenvalue weighted by molar-refractivity contribution is 7.14. The van der Waals surface area contributed by atoms with Gasteiger partial charge in [0.2, 0.25) is 0 Å². The maximum atomic E-state index is 10.4. The Labute approximate surface area is 101 Å². The van der Waals surface area contributed by atoms with Crippen LogP contribution in [0.15, 0.2) is 6.20 Å². The second-order valence-corrected chi connectivity index (χ2v) is 4.70. The maximum absolute atomic E-state index is 10.4. The highest BCUT2D eigenvalue weighted by atomic mass is 32.1. The molecule has 1 N–H and O–H groups in total. The Morgan fingerprint density at radius 1 is 1.59 bits per heavy atom. The molecule has 0 aliphatic rings. The molecule has 0 amide bonds. The molecule has 0 aromatic carbocycles. The molecule has 0 saturated carbocycles. The Kier molecular flexibility index (Phi) is 3.43. The van der Waals surface area contributed by atoms with Gasteiger partial charge in [0.15, 0.2) is 5.82 Å². The second kappa shape index (κ2) is 5.00. The fraction of sp³-hybridized carbons (Fsp3) is 0.444. The van der Waals surface area contributed by atoms with Crippen LogP contribution in [0.4, 0.5) is 0 Å². The molecule has 0 spiro atoms. The fourth-order valence-electron chi connectivity index (χ4n) is 1.38. The lowest BCUT2D eigenvalue weighted by molar-refractivity contribution is -0.137. The number of aryl methyl sites for hydroxylation is 2. The van der Waals surface area contributed by atoms with Gasteiger partial charge in [-0.3, -0.25) is 4.79 Å². The van der Waals surface area contributed by atoms with Crippen LogP contribution in [0, 0.1) is 6.92 Å². The first-order valence-electron chi connectivity index (χ1n) is 5.07. The minimum Gasteiger partial charge on any atom is -0.481 e. The van der Waals surface area contributed by atoms with Crippen molar-refractivity contribution in [3.8, 4) is 10.7 Å². The van der Waals surface area contributed by atoms with Gasteiger partial charge in [-0.15, -0.1) is 16.4 Å². The van der Waals surface area contributed by atoms with Crippen LogP contribution < -0.4 is 0 Å². The van der Waals surface area contributed by atoms with Gasteiger partial charge in [-0.05, 0) is 23.8 Å². The van der Waals surface area contributed by atoms with Gasteiger partial charge in [0, 0.05) is 19.2 Å². The Bertz CT molecular complexity index is 521. The first-order chi connectivity index (χ1) is 8.16. The molecule has 2 rings (SSSR count). The van der Waals surface area contributed by atoms with Crippen LogP contribution in [0.2, 0.25) is 0 Å². The fourth-order valence-corrected chi connectivity index (χ4v) is 2.14. The summed E-state index contributed by atoms with van der Waals surface area (Å²) in [5.74, 6) is -0.172. The van der Waals surface area contributed by atoms with E-state index in [0.717, 1.165) is 9.88 Å². The Morgan fingerprint density at radius 2 is 2.41 bits per heavy atom. The van der Waals surface area contributed by atoms with Crippen molar-refractivity contribution < 1.29 is 9.90 Å². The van der Waals surface area contributed by atoms with Crippen LogP contribution in [-0.2, 0) is 11.3 Å². The monoisotopic (exact) mass is 253 g/mol. The lowest BCUT2D eigenvalue weighted by Gasteiger charge is -2.00. The van der Waals surface area contributed by atoms with Gasteiger partial charge in [-0.1, -0.05) is 0 Å². The third kappa shape index (κ3) is 2.84. The molecule has 0 aliphatic carbocycles. The van der Waals surface area contributed by atoms with Gasteiger partial charge < -0.3 is 5.11 Å². The molecule has 0 unspecified atom stereocenters. The summed E-state index contributed by atoms with van der Waals surface area (Å²) in [5, 5.41) is 20.9. The molecule has 0 fully saturated rings. The topological polar surface area (TPSA) is 93.8 Å². The minimum atomic E-state index is -0.812. The van der Waals surface area contributed by atoms with E-state index < -0.39 is 5.97 Å². The SMILES string of the molecule is Cc1ncc(-c2nnnn2CCCC(=O)O)s1. The molecule has 17 heavy (non-hydrogen) atoms. The molecule has 0 saturated heterocycles. The van der Waals surface area contributed by atoms with Crippen LogP contribution in [0.5, 0.6) is 0 Å². The minimum absolute atomic E-state index is 0.112. The molecule has 2 aromatic heterocycles. The van der Waals surface area contributed by atoms with Gasteiger partial charge in [-0.25, -0.2) is 9.67 Å². The van der Waals surface area contributed by atoms with Crippen molar-refractivity contribution in [2.45, 2.75) is 26.3 Å². The Morgan fingerprint density at radius 3 is 3.06 bits per heavy atom. The summed E-state index contributed by atoms with van der Waals surface area (Å²) in [6.07, 6.45) is 2.34. The molecular formula is C9H11N5O2S. The van der Waals surface area contributed by atoms with Gasteiger partial charge in [0.1, 0.15) is 0 Å². The number of nitrogens with zero attached hydrogens (tertiary/aromatic N) is 5. The summed E-state index contributed by atoms with van der Waals surface area (Å²) in [5.41, 5.74) is 0. The molecule has 7 nitrogen and oxygen atoms in total. The number of aromatic nitrogens is 5. The number of carboxylic acids is 1. The standard InChI is InChI=1S/C9H11N5O2S/c1-6-10-5-7(17-6)9-11-12-13-14(9)4-2-3-8(15)16/h5H,2-4H2,1H3,(H,15,16). The summed E-state index contributed by atoms with van der Waals surface area (Å²) < 4.78 is 1.61. The molecule has 2 heterocycles. The van der Waals surface area contributed by atoms with E-state index in [0.29, 0.717) is 18.8 Å². The predicted octanol–water partition coefficient (Wildman–Crippen LogP) is 0.970. The number of rotatable bonds is 5. The van der Waals surface area contributed by atoms with E-state index in [9.17, 15) is 4.79 Å². The summed E-state index contributed by atoms with van der Waals surface area (Å²) in [6.45, 7) is 2.40. The van der Waals surface area contributed by atoms with E-state index in [4.69, 9.17) is 5.11 Å². The Hall–Kier alpha value is -1.83. The maximum Gasteiger partial charge on any atom is 0.303 e. The Balaban J connectivity index is 2.09. The highest BCUT2D eigenvalue weighted by Crippen LogP contribution is 2.22. The average Bonchev–Trinajstić information content (AvgIpc) is 2.86. The van der Waals surface area contributed by atoms with Crippen molar-refractivity contribution in [3.05, 3.63) is 11.2 Å². The van der Waals surface area contributed by atoms with Gasteiger partial charge in [-0.2, -0.15) is 0 Å². The summed E-state index contributed by atoms with van der Waals surface area (Å²) in [4.78, 5) is 15.4. The van der Waals surface area contributed by atoms with Crippen LogP contribution >= 0.6 is 11.3 Å². The van der Waals surface area contributed by atoms with Crippen molar-refractivity contribution in [2.24, 2.45) is 0 Å². The predicted molar refractivity (Wildman–Crippen MR) is 60.5 cm³/mol. The molecule has 90 valence electrons. The van der Waals surface area contributed by atoms with Crippen molar-refractivity contribution in [1.29, 1.82) is 0 Å². The van der Waals surface area contributed by atoms with E-state index in [1.807, 2.05) is 6.92 Å². The first kappa shape index (κ1) is 11.6. The van der Waals surface area contributed by atoms with Gasteiger partial charge >= 0.3 is 5.97 Å². The lowest BCUT2D eigenvalue weighted by Crippen LogP contribution is -2.05. The zero-order valence-corrected chi connectivity index (χ0v) is 10.0. The van der Waals surface area contributed by atoms with E-state index >= 15 is 0 Å². The third-order valence-corrected chi connectivity index (χ3v) is 3.04. The third-order valence-electron chi connectivity index (χ3n) is 2.13. The molecular weight excluding hydrogens is 242 g/mol. The van der Waals surface area contributed by atoms with Crippen molar-refractivity contribution in [1.82, 2.24) is 25.2 Å². The number of hydrogen-bond acceptors (Lipinski definition) is 6. The van der Waals surface area contributed by atoms with Crippen LogP contribution in [-0.4, -0.2) is 36.3 Å². The normalized spacial score (nSPS) is 10.6. The zero-order valence-electron chi connectivity index (χ0n) is 9.20. The van der Waals surface area contributed by atoms with Crippen molar-refractivity contribution in [3.63, 3.8) is 0 Å². The average molecular weight is 253 g/mol. The smallest absolute Gasteiger partial charge is 0.303 e. The number of thiazole rings is 1. The highest BCUT2D eigenvalue weighted by Gasteiger charge is 2.11. The molecule has 0 aliphatic heterocycles. The van der Waals surface area contributed by atoms with Crippen LogP contribution in [0.1, 0.15) is 17.8 Å². The number of aliphatic carboxylic acids is 1. The lowest BCUT2D eigenvalue weighted by atomic mass is 10.3. The molecule has 0 radical (unpaired) electrons. The van der Waals surface area contributed by atoms with Crippen LogP contribution in [0.25, 0.3) is 10.7 Å². The number of carboxylic acid groups (broad SMARTS) is 1. The van der Waals surface area contributed by atoms with Gasteiger partial charge in [0.25, 0.3) is 0 Å².